The summed E-state index contributed by atoms with van der Waals surface area (Å²) in [6, 6.07) is 8.01. The van der Waals surface area contributed by atoms with Gasteiger partial charge < -0.3 is 9.72 Å². The first-order valence-electron chi connectivity index (χ1n) is 5.68. The van der Waals surface area contributed by atoms with E-state index in [1.165, 1.54) is 0 Å². The van der Waals surface area contributed by atoms with Crippen LogP contribution in [0.2, 0.25) is 0 Å². The first kappa shape index (κ1) is 10.2. The van der Waals surface area contributed by atoms with Crippen molar-refractivity contribution in [3.05, 3.63) is 36.3 Å². The van der Waals surface area contributed by atoms with Gasteiger partial charge in [0.1, 0.15) is 12.4 Å². The molecule has 0 saturated carbocycles. The lowest BCUT2D eigenvalue weighted by atomic mass is 10.2. The highest BCUT2D eigenvalue weighted by atomic mass is 16.5. The van der Waals surface area contributed by atoms with E-state index in [0.29, 0.717) is 13.2 Å². The van der Waals surface area contributed by atoms with Gasteiger partial charge >= 0.3 is 0 Å². The normalized spacial score (nSPS) is 11.4. The summed E-state index contributed by atoms with van der Waals surface area (Å²) in [6.07, 6.45) is 1.82. The summed E-state index contributed by atoms with van der Waals surface area (Å²) in [4.78, 5) is 12.2. The van der Waals surface area contributed by atoms with Gasteiger partial charge in [0.2, 0.25) is 0 Å². The van der Waals surface area contributed by atoms with Crippen LogP contribution in [0.3, 0.4) is 0 Å². The number of hydrogen-bond acceptors (Lipinski definition) is 3. The molecular formula is C13H13N3O. The average molecular weight is 227 g/mol. The summed E-state index contributed by atoms with van der Waals surface area (Å²) in [7, 11) is 0. The Kier molecular flexibility index (Phi) is 2.49. The number of nitrogens with zero attached hydrogens (tertiary/aromatic N) is 2. The molecule has 2 aromatic heterocycles. The number of hydrogen-bond donors (Lipinski definition) is 1. The minimum Gasteiger partial charge on any atom is -0.374 e. The van der Waals surface area contributed by atoms with Gasteiger partial charge in [0, 0.05) is 12.0 Å². The van der Waals surface area contributed by atoms with Crippen LogP contribution in [0.5, 0.6) is 0 Å². The number of para-hydroxylation sites is 1. The van der Waals surface area contributed by atoms with Crippen molar-refractivity contribution < 1.29 is 4.74 Å². The van der Waals surface area contributed by atoms with Gasteiger partial charge in [-0.05, 0) is 13.0 Å². The summed E-state index contributed by atoms with van der Waals surface area (Å²) in [5, 5.41) is 1.07. The fourth-order valence-electron chi connectivity index (χ4n) is 1.92. The van der Waals surface area contributed by atoms with Gasteiger partial charge in [0.05, 0.1) is 22.7 Å². The fraction of sp³-hybridized carbons (Fsp3) is 0.231. The number of ether oxygens (including phenoxy) is 1. The SMILES string of the molecule is CCOCc1nc2c(cnc3ccccc32)[nH]1. The Balaban J connectivity index is 2.17. The second-order valence-corrected chi connectivity index (χ2v) is 3.86. The number of benzene rings is 1. The Bertz CT molecular complexity index is 660. The summed E-state index contributed by atoms with van der Waals surface area (Å²) < 4.78 is 5.35. The number of pyridine rings is 1. The van der Waals surface area contributed by atoms with Gasteiger partial charge in [0.15, 0.2) is 0 Å². The molecule has 0 aliphatic heterocycles. The lowest BCUT2D eigenvalue weighted by Gasteiger charge is -1.95. The Morgan fingerprint density at radius 3 is 3.06 bits per heavy atom. The molecule has 17 heavy (non-hydrogen) atoms. The zero-order valence-electron chi connectivity index (χ0n) is 9.60. The van der Waals surface area contributed by atoms with Crippen molar-refractivity contribution in [2.24, 2.45) is 0 Å². The number of rotatable bonds is 3. The molecule has 0 fully saturated rings. The van der Waals surface area contributed by atoms with Gasteiger partial charge in [0.25, 0.3) is 0 Å². The van der Waals surface area contributed by atoms with Gasteiger partial charge in [-0.3, -0.25) is 4.98 Å². The van der Waals surface area contributed by atoms with Crippen LogP contribution in [0.1, 0.15) is 12.7 Å². The van der Waals surface area contributed by atoms with Crippen molar-refractivity contribution in [2.45, 2.75) is 13.5 Å². The minimum absolute atomic E-state index is 0.513. The molecule has 0 saturated heterocycles. The van der Waals surface area contributed by atoms with E-state index in [4.69, 9.17) is 4.74 Å². The van der Waals surface area contributed by atoms with E-state index in [0.717, 1.165) is 27.8 Å². The monoisotopic (exact) mass is 227 g/mol. The summed E-state index contributed by atoms with van der Waals surface area (Å²) in [5.41, 5.74) is 2.89. The molecule has 0 aliphatic rings. The minimum atomic E-state index is 0.513. The Hall–Kier alpha value is -1.94. The molecular weight excluding hydrogens is 214 g/mol. The maximum Gasteiger partial charge on any atom is 0.133 e. The van der Waals surface area contributed by atoms with Crippen molar-refractivity contribution in [3.8, 4) is 0 Å². The lowest BCUT2D eigenvalue weighted by molar-refractivity contribution is 0.129. The zero-order valence-corrected chi connectivity index (χ0v) is 9.60. The second kappa shape index (κ2) is 4.14. The fourth-order valence-corrected chi connectivity index (χ4v) is 1.92. The smallest absolute Gasteiger partial charge is 0.133 e. The Morgan fingerprint density at radius 2 is 2.18 bits per heavy atom. The second-order valence-electron chi connectivity index (χ2n) is 3.86. The summed E-state index contributed by atoms with van der Waals surface area (Å²) >= 11 is 0. The predicted octanol–water partition coefficient (Wildman–Crippen LogP) is 2.65. The first-order chi connectivity index (χ1) is 8.38. The van der Waals surface area contributed by atoms with E-state index < -0.39 is 0 Å². The predicted molar refractivity (Wildman–Crippen MR) is 66.7 cm³/mol. The number of fused-ring (bicyclic) bond motifs is 3. The number of aromatic nitrogens is 3. The van der Waals surface area contributed by atoms with E-state index in [-0.39, 0.29) is 0 Å². The number of H-pyrrole nitrogens is 1. The van der Waals surface area contributed by atoms with Gasteiger partial charge in [-0.2, -0.15) is 0 Å². The molecule has 1 N–H and O–H groups in total. The van der Waals surface area contributed by atoms with E-state index in [2.05, 4.69) is 15.0 Å². The Labute approximate surface area is 98.7 Å². The van der Waals surface area contributed by atoms with Gasteiger partial charge in [-0.15, -0.1) is 0 Å². The van der Waals surface area contributed by atoms with Crippen LogP contribution in [0, 0.1) is 0 Å². The third kappa shape index (κ3) is 1.76. The average Bonchev–Trinajstić information content (AvgIpc) is 2.79. The molecule has 0 aliphatic carbocycles. The molecule has 0 unspecified atom stereocenters. The third-order valence-electron chi connectivity index (χ3n) is 2.72. The maximum absolute atomic E-state index is 5.35. The molecule has 0 atom stereocenters. The topological polar surface area (TPSA) is 50.8 Å². The van der Waals surface area contributed by atoms with E-state index in [9.17, 15) is 0 Å². The third-order valence-corrected chi connectivity index (χ3v) is 2.72. The summed E-state index contributed by atoms with van der Waals surface area (Å²) in [5.74, 6) is 0.847. The molecule has 86 valence electrons. The molecule has 1 aromatic carbocycles. The zero-order chi connectivity index (χ0) is 11.7. The number of imidazole rings is 1. The van der Waals surface area contributed by atoms with Crippen molar-refractivity contribution in [2.75, 3.05) is 6.61 Å². The molecule has 0 amide bonds. The van der Waals surface area contributed by atoms with Crippen LogP contribution >= 0.6 is 0 Å². The van der Waals surface area contributed by atoms with Gasteiger partial charge in [-0.1, -0.05) is 18.2 Å². The molecule has 0 radical (unpaired) electrons. The Morgan fingerprint density at radius 1 is 1.29 bits per heavy atom. The van der Waals surface area contributed by atoms with Gasteiger partial charge in [-0.25, -0.2) is 4.98 Å². The van der Waals surface area contributed by atoms with Crippen LogP contribution in [-0.4, -0.2) is 21.6 Å². The molecule has 3 rings (SSSR count). The van der Waals surface area contributed by atoms with Crippen LogP contribution in [0.25, 0.3) is 21.9 Å². The van der Waals surface area contributed by atoms with Crippen molar-refractivity contribution in [1.29, 1.82) is 0 Å². The maximum atomic E-state index is 5.35. The highest BCUT2D eigenvalue weighted by Gasteiger charge is 2.06. The van der Waals surface area contributed by atoms with E-state index in [1.54, 1.807) is 0 Å². The van der Waals surface area contributed by atoms with Crippen molar-refractivity contribution in [1.82, 2.24) is 15.0 Å². The number of nitrogens with one attached hydrogen (secondary N) is 1. The molecule has 4 nitrogen and oxygen atoms in total. The summed E-state index contributed by atoms with van der Waals surface area (Å²) in [6.45, 7) is 3.18. The molecule has 2 heterocycles. The van der Waals surface area contributed by atoms with Crippen molar-refractivity contribution in [3.63, 3.8) is 0 Å². The first-order valence-corrected chi connectivity index (χ1v) is 5.68. The van der Waals surface area contributed by atoms with E-state index in [1.807, 2.05) is 37.4 Å². The highest BCUT2D eigenvalue weighted by Crippen LogP contribution is 2.21. The van der Waals surface area contributed by atoms with Crippen LogP contribution < -0.4 is 0 Å². The van der Waals surface area contributed by atoms with Crippen LogP contribution in [0.15, 0.2) is 30.5 Å². The standard InChI is InChI=1S/C13H13N3O/c1-2-17-8-12-15-11-7-14-10-6-4-3-5-9(10)13(11)16-12/h3-7H,2,8H2,1H3,(H,15,16). The number of aromatic amines is 1. The molecule has 0 bridgehead atoms. The lowest BCUT2D eigenvalue weighted by Crippen LogP contribution is -1.93. The highest BCUT2D eigenvalue weighted by molar-refractivity contribution is 6.01. The molecule has 0 spiro atoms. The van der Waals surface area contributed by atoms with Crippen LogP contribution in [0.4, 0.5) is 0 Å². The quantitative estimate of drug-likeness (QED) is 0.748. The van der Waals surface area contributed by atoms with Crippen LogP contribution in [-0.2, 0) is 11.3 Å². The van der Waals surface area contributed by atoms with E-state index >= 15 is 0 Å². The largest absolute Gasteiger partial charge is 0.374 e. The molecule has 4 heteroatoms. The van der Waals surface area contributed by atoms with Crippen molar-refractivity contribution >= 4 is 21.9 Å². The molecule has 3 aromatic rings.